The van der Waals surface area contributed by atoms with Gasteiger partial charge >= 0.3 is 11.9 Å². The molecule has 0 bridgehead atoms. The molecule has 0 heterocycles. The maximum atomic E-state index is 12.9. The second kappa shape index (κ2) is 15.4. The zero-order valence-electron chi connectivity index (χ0n) is 25.0. The number of rotatable bonds is 14. The van der Waals surface area contributed by atoms with E-state index in [1.807, 2.05) is 55.5 Å². The van der Waals surface area contributed by atoms with Gasteiger partial charge in [0.05, 0.1) is 19.8 Å². The van der Waals surface area contributed by atoms with Crippen LogP contribution in [0.1, 0.15) is 39.9 Å². The Kier molecular flexibility index (Phi) is 11.1. The van der Waals surface area contributed by atoms with Crippen LogP contribution in [-0.2, 0) is 27.5 Å². The number of aryl methyl sites for hydroxylation is 1. The van der Waals surface area contributed by atoms with E-state index in [2.05, 4.69) is 5.32 Å². The molecule has 0 aliphatic rings. The highest BCUT2D eigenvalue weighted by molar-refractivity contribution is 5.98. The number of carbonyl (C=O) groups excluding carboxylic acids is 3. The van der Waals surface area contributed by atoms with Crippen molar-refractivity contribution in [3.8, 4) is 28.4 Å². The van der Waals surface area contributed by atoms with Gasteiger partial charge in [0.15, 0.2) is 0 Å². The number of hydrogen-bond donors (Lipinski definition) is 2. The topological polar surface area (TPSA) is 126 Å². The molecule has 0 unspecified atom stereocenters. The molecule has 44 heavy (non-hydrogen) atoms. The largest absolute Gasteiger partial charge is 0.496 e. The van der Waals surface area contributed by atoms with E-state index in [0.29, 0.717) is 30.4 Å². The number of esters is 2. The summed E-state index contributed by atoms with van der Waals surface area (Å²) in [5.41, 5.74) is 10.3. The van der Waals surface area contributed by atoms with Crippen molar-refractivity contribution in [2.45, 2.75) is 39.0 Å². The van der Waals surface area contributed by atoms with Gasteiger partial charge in [-0.3, -0.25) is 4.79 Å². The Labute approximate surface area is 256 Å². The standard InChI is InChI=1S/C35H36N2O7/c1-23-6-4-7-24(16-23)21-37-32(14-15-33(36)38)35(40)44-34(39)27-12-10-26(11-13-27)28-9-5-8-25(17-28)22-43-31-19-29(41-2)18-30(20-31)42-3/h4-13,16-20,32,37H,14-15,21-22H2,1-3H3,(H2,36,38)/t32-/m0/s1. The number of ether oxygens (including phenoxy) is 4. The van der Waals surface area contributed by atoms with E-state index in [1.165, 1.54) is 0 Å². The number of primary amides is 1. The van der Waals surface area contributed by atoms with Gasteiger partial charge in [-0.25, -0.2) is 9.59 Å². The summed E-state index contributed by atoms with van der Waals surface area (Å²) in [6.07, 6.45) is 0.0823. The van der Waals surface area contributed by atoms with Crippen molar-refractivity contribution in [3.05, 3.63) is 113 Å². The number of amides is 1. The maximum Gasteiger partial charge on any atom is 0.345 e. The third-order valence-corrected chi connectivity index (χ3v) is 6.90. The van der Waals surface area contributed by atoms with Gasteiger partial charge in [0.25, 0.3) is 0 Å². The second-order valence-electron chi connectivity index (χ2n) is 10.3. The van der Waals surface area contributed by atoms with E-state index < -0.39 is 23.9 Å². The van der Waals surface area contributed by atoms with Crippen LogP contribution in [0.25, 0.3) is 11.1 Å². The van der Waals surface area contributed by atoms with Gasteiger partial charge in [-0.1, -0.05) is 60.2 Å². The summed E-state index contributed by atoms with van der Waals surface area (Å²) < 4.78 is 21.8. The molecule has 1 atom stereocenters. The Morgan fingerprint density at radius 1 is 0.773 bits per heavy atom. The van der Waals surface area contributed by atoms with Crippen LogP contribution in [0.5, 0.6) is 17.2 Å². The van der Waals surface area contributed by atoms with Gasteiger partial charge in [0, 0.05) is 31.2 Å². The lowest BCUT2D eigenvalue weighted by Crippen LogP contribution is -2.39. The molecule has 0 fully saturated rings. The van der Waals surface area contributed by atoms with Crippen LogP contribution in [0.15, 0.2) is 91.0 Å². The molecular formula is C35H36N2O7. The quantitative estimate of drug-likeness (QED) is 0.147. The van der Waals surface area contributed by atoms with Crippen LogP contribution in [0.4, 0.5) is 0 Å². The predicted molar refractivity (Wildman–Crippen MR) is 166 cm³/mol. The van der Waals surface area contributed by atoms with E-state index in [-0.39, 0.29) is 18.4 Å². The minimum absolute atomic E-state index is 0.0265. The van der Waals surface area contributed by atoms with E-state index in [9.17, 15) is 14.4 Å². The molecule has 0 radical (unpaired) electrons. The van der Waals surface area contributed by atoms with Crippen LogP contribution in [-0.4, -0.2) is 38.1 Å². The Bertz CT molecular complexity index is 1580. The van der Waals surface area contributed by atoms with Crippen molar-refractivity contribution < 1.29 is 33.3 Å². The minimum Gasteiger partial charge on any atom is -0.496 e. The summed E-state index contributed by atoms with van der Waals surface area (Å²) in [5.74, 6) is -0.209. The first-order valence-electron chi connectivity index (χ1n) is 14.1. The molecule has 1 amide bonds. The number of nitrogens with one attached hydrogen (secondary N) is 1. The highest BCUT2D eigenvalue weighted by atomic mass is 16.6. The predicted octanol–water partition coefficient (Wildman–Crippen LogP) is 5.37. The summed E-state index contributed by atoms with van der Waals surface area (Å²) >= 11 is 0. The molecule has 4 rings (SSSR count). The number of benzene rings is 4. The molecule has 228 valence electrons. The van der Waals surface area contributed by atoms with Crippen molar-refractivity contribution in [1.29, 1.82) is 0 Å². The summed E-state index contributed by atoms with van der Waals surface area (Å²) in [5, 5.41) is 3.09. The zero-order chi connectivity index (χ0) is 31.5. The average molecular weight is 597 g/mol. The maximum absolute atomic E-state index is 12.9. The molecule has 0 aromatic heterocycles. The number of nitrogens with two attached hydrogens (primary N) is 1. The van der Waals surface area contributed by atoms with Crippen molar-refractivity contribution >= 4 is 17.8 Å². The van der Waals surface area contributed by atoms with Crippen LogP contribution in [0.2, 0.25) is 0 Å². The lowest BCUT2D eigenvalue weighted by Gasteiger charge is -2.17. The van der Waals surface area contributed by atoms with Crippen LogP contribution in [0, 0.1) is 6.92 Å². The van der Waals surface area contributed by atoms with E-state index in [4.69, 9.17) is 24.7 Å². The highest BCUT2D eigenvalue weighted by Gasteiger charge is 2.24. The Morgan fingerprint density at radius 2 is 1.43 bits per heavy atom. The Hall–Kier alpha value is -5.15. The Balaban J connectivity index is 1.38. The smallest absolute Gasteiger partial charge is 0.345 e. The fourth-order valence-electron chi connectivity index (χ4n) is 4.55. The van der Waals surface area contributed by atoms with Gasteiger partial charge in [0.1, 0.15) is 29.9 Å². The first kappa shape index (κ1) is 31.8. The fourth-order valence-corrected chi connectivity index (χ4v) is 4.55. The molecule has 0 saturated carbocycles. The SMILES string of the molecule is COc1cc(OC)cc(OCc2cccc(-c3ccc(C(=O)OC(=O)[C@H](CCC(N)=O)NCc4cccc(C)c4)cc3)c2)c1. The van der Waals surface area contributed by atoms with Gasteiger partial charge in [0.2, 0.25) is 5.91 Å². The molecule has 0 spiro atoms. The lowest BCUT2D eigenvalue weighted by molar-refractivity contribution is -0.140. The number of methoxy groups -OCH3 is 2. The third-order valence-electron chi connectivity index (χ3n) is 6.90. The van der Waals surface area contributed by atoms with Gasteiger partial charge in [-0.15, -0.1) is 0 Å². The van der Waals surface area contributed by atoms with E-state index >= 15 is 0 Å². The number of carbonyl (C=O) groups is 3. The summed E-state index contributed by atoms with van der Waals surface area (Å²) in [4.78, 5) is 37.1. The normalized spacial score (nSPS) is 11.3. The molecule has 4 aromatic rings. The van der Waals surface area contributed by atoms with E-state index in [0.717, 1.165) is 27.8 Å². The zero-order valence-corrected chi connectivity index (χ0v) is 25.0. The molecule has 9 heteroatoms. The average Bonchev–Trinajstić information content (AvgIpc) is 3.03. The lowest BCUT2D eigenvalue weighted by atomic mass is 10.0. The highest BCUT2D eigenvalue weighted by Crippen LogP contribution is 2.28. The molecule has 3 N–H and O–H groups in total. The minimum atomic E-state index is -0.880. The summed E-state index contributed by atoms with van der Waals surface area (Å²) in [6.45, 7) is 2.66. The summed E-state index contributed by atoms with van der Waals surface area (Å²) in [7, 11) is 3.17. The molecular weight excluding hydrogens is 560 g/mol. The molecule has 4 aromatic carbocycles. The summed E-state index contributed by atoms with van der Waals surface area (Å²) in [6, 6.07) is 26.9. The van der Waals surface area contributed by atoms with Crippen LogP contribution >= 0.6 is 0 Å². The fraction of sp³-hybridized carbons (Fsp3) is 0.229. The van der Waals surface area contributed by atoms with Gasteiger partial charge in [-0.2, -0.15) is 0 Å². The van der Waals surface area contributed by atoms with Crippen molar-refractivity contribution in [2.75, 3.05) is 14.2 Å². The van der Waals surface area contributed by atoms with E-state index in [1.54, 1.807) is 56.7 Å². The number of hydrogen-bond acceptors (Lipinski definition) is 8. The van der Waals surface area contributed by atoms with Crippen LogP contribution in [0.3, 0.4) is 0 Å². The first-order valence-corrected chi connectivity index (χ1v) is 14.1. The van der Waals surface area contributed by atoms with Gasteiger partial charge in [-0.05, 0) is 53.8 Å². The van der Waals surface area contributed by atoms with Crippen molar-refractivity contribution in [3.63, 3.8) is 0 Å². The molecule has 0 aliphatic carbocycles. The van der Waals surface area contributed by atoms with Crippen LogP contribution < -0.4 is 25.3 Å². The molecule has 0 saturated heterocycles. The molecule has 0 aliphatic heterocycles. The van der Waals surface area contributed by atoms with Gasteiger partial charge < -0.3 is 30.0 Å². The third kappa shape index (κ3) is 9.17. The van der Waals surface area contributed by atoms with Crippen molar-refractivity contribution in [2.24, 2.45) is 5.73 Å². The monoisotopic (exact) mass is 596 g/mol. The van der Waals surface area contributed by atoms with Crippen molar-refractivity contribution in [1.82, 2.24) is 5.32 Å². The Morgan fingerprint density at radius 3 is 2.09 bits per heavy atom. The first-order chi connectivity index (χ1) is 21.2. The second-order valence-corrected chi connectivity index (χ2v) is 10.3. The molecule has 9 nitrogen and oxygen atoms in total.